The monoisotopic (exact) mass is 343 g/mol. The molecule has 0 bridgehead atoms. The van der Waals surface area contributed by atoms with Crippen molar-refractivity contribution in [1.29, 1.82) is 0 Å². The zero-order chi connectivity index (χ0) is 17.1. The molecule has 1 aromatic heterocycles. The zero-order valence-electron chi connectivity index (χ0n) is 13.3. The van der Waals surface area contributed by atoms with Crippen molar-refractivity contribution in [1.82, 2.24) is 15.2 Å². The van der Waals surface area contributed by atoms with Gasteiger partial charge in [-0.1, -0.05) is 23.7 Å². The molecule has 0 radical (unpaired) electrons. The van der Waals surface area contributed by atoms with Gasteiger partial charge in [0.25, 0.3) is 11.8 Å². The van der Waals surface area contributed by atoms with E-state index in [0.717, 1.165) is 18.4 Å². The van der Waals surface area contributed by atoms with Crippen molar-refractivity contribution >= 4 is 23.4 Å². The van der Waals surface area contributed by atoms with E-state index in [1.165, 1.54) is 6.20 Å². The number of rotatable bonds is 5. The normalized spacial score (nSPS) is 13.4. The highest BCUT2D eigenvalue weighted by Gasteiger charge is 2.23. The Morgan fingerprint density at radius 2 is 1.83 bits per heavy atom. The molecule has 0 aliphatic heterocycles. The largest absolute Gasteiger partial charge is 0.349 e. The number of pyridine rings is 1. The van der Waals surface area contributed by atoms with Gasteiger partial charge in [0, 0.05) is 31.4 Å². The van der Waals surface area contributed by atoms with Gasteiger partial charge in [0.2, 0.25) is 0 Å². The molecule has 1 heterocycles. The van der Waals surface area contributed by atoms with E-state index in [1.807, 2.05) is 12.1 Å². The number of nitrogens with one attached hydrogen (secondary N) is 1. The summed E-state index contributed by atoms with van der Waals surface area (Å²) in [5.41, 5.74) is 2.08. The van der Waals surface area contributed by atoms with E-state index in [1.54, 1.807) is 36.2 Å². The lowest BCUT2D eigenvalue weighted by molar-refractivity contribution is 0.0784. The Labute approximate surface area is 145 Å². The van der Waals surface area contributed by atoms with Crippen molar-refractivity contribution < 1.29 is 9.59 Å². The molecule has 1 aliphatic carbocycles. The summed E-state index contributed by atoms with van der Waals surface area (Å²) in [5, 5.41) is 3.31. The van der Waals surface area contributed by atoms with Crippen molar-refractivity contribution in [3.63, 3.8) is 0 Å². The van der Waals surface area contributed by atoms with E-state index in [9.17, 15) is 9.59 Å². The van der Waals surface area contributed by atoms with Gasteiger partial charge in [-0.2, -0.15) is 0 Å². The van der Waals surface area contributed by atoms with Crippen LogP contribution in [0.5, 0.6) is 0 Å². The highest BCUT2D eigenvalue weighted by molar-refractivity contribution is 6.29. The summed E-state index contributed by atoms with van der Waals surface area (Å²) in [6, 6.07) is 10.9. The third-order valence-corrected chi connectivity index (χ3v) is 4.09. The van der Waals surface area contributed by atoms with Gasteiger partial charge in [-0.3, -0.25) is 9.59 Å². The summed E-state index contributed by atoms with van der Waals surface area (Å²) in [6.07, 6.45) is 3.60. The average molecular weight is 344 g/mol. The molecule has 1 saturated carbocycles. The Morgan fingerprint density at radius 1 is 1.17 bits per heavy atom. The first-order valence-corrected chi connectivity index (χ1v) is 8.17. The van der Waals surface area contributed by atoms with Crippen LogP contribution >= 0.6 is 11.6 Å². The van der Waals surface area contributed by atoms with E-state index in [4.69, 9.17) is 11.6 Å². The molecule has 1 fully saturated rings. The summed E-state index contributed by atoms with van der Waals surface area (Å²) >= 11 is 5.73. The molecular weight excluding hydrogens is 326 g/mol. The Balaban J connectivity index is 1.61. The molecule has 1 aliphatic rings. The van der Waals surface area contributed by atoms with E-state index in [0.29, 0.717) is 28.9 Å². The molecule has 1 N–H and O–H groups in total. The van der Waals surface area contributed by atoms with Crippen molar-refractivity contribution in [3.8, 4) is 0 Å². The molecule has 2 amide bonds. The second-order valence-corrected chi connectivity index (χ2v) is 6.36. The van der Waals surface area contributed by atoms with E-state index in [-0.39, 0.29) is 11.8 Å². The van der Waals surface area contributed by atoms with Gasteiger partial charge < -0.3 is 10.2 Å². The minimum atomic E-state index is -0.130. The van der Waals surface area contributed by atoms with Gasteiger partial charge >= 0.3 is 0 Å². The number of carbonyl (C=O) groups excluding carboxylic acids is 2. The number of hydrogen-bond donors (Lipinski definition) is 1. The minimum Gasteiger partial charge on any atom is -0.349 e. The van der Waals surface area contributed by atoms with Crippen LogP contribution in [0.3, 0.4) is 0 Å². The summed E-state index contributed by atoms with van der Waals surface area (Å²) in [7, 11) is 1.73. The molecule has 3 rings (SSSR count). The molecule has 124 valence electrons. The van der Waals surface area contributed by atoms with Crippen LogP contribution in [0.1, 0.15) is 39.1 Å². The van der Waals surface area contributed by atoms with Gasteiger partial charge in [-0.15, -0.1) is 0 Å². The van der Waals surface area contributed by atoms with E-state index in [2.05, 4.69) is 10.3 Å². The second kappa shape index (κ2) is 7.01. The fraction of sp³-hybridized carbons (Fsp3) is 0.278. The fourth-order valence-corrected chi connectivity index (χ4v) is 2.44. The maximum atomic E-state index is 12.3. The van der Waals surface area contributed by atoms with Gasteiger partial charge in [0.1, 0.15) is 5.15 Å². The Kier molecular flexibility index (Phi) is 4.81. The highest BCUT2D eigenvalue weighted by Crippen LogP contribution is 2.19. The average Bonchev–Trinajstić information content (AvgIpc) is 3.39. The van der Waals surface area contributed by atoms with Gasteiger partial charge in [-0.05, 0) is 42.7 Å². The van der Waals surface area contributed by atoms with Gasteiger partial charge in [0.15, 0.2) is 0 Å². The van der Waals surface area contributed by atoms with Crippen LogP contribution in [-0.4, -0.2) is 34.8 Å². The summed E-state index contributed by atoms with van der Waals surface area (Å²) < 4.78 is 0. The highest BCUT2D eigenvalue weighted by atomic mass is 35.5. The number of aromatic nitrogens is 1. The fourth-order valence-electron chi connectivity index (χ4n) is 2.33. The number of carbonyl (C=O) groups is 2. The Morgan fingerprint density at radius 3 is 2.42 bits per heavy atom. The second-order valence-electron chi connectivity index (χ2n) is 5.98. The SMILES string of the molecule is CN(Cc1ccc(C(=O)NC2CC2)cc1)C(=O)c1ccc(Cl)nc1. The van der Waals surface area contributed by atoms with Gasteiger partial charge in [0.05, 0.1) is 5.56 Å². The lowest BCUT2D eigenvalue weighted by Gasteiger charge is -2.17. The first-order chi connectivity index (χ1) is 11.5. The molecule has 6 heteroatoms. The van der Waals surface area contributed by atoms with Crippen LogP contribution in [0, 0.1) is 0 Å². The molecule has 0 atom stereocenters. The van der Waals surface area contributed by atoms with Crippen molar-refractivity contribution in [2.24, 2.45) is 0 Å². The van der Waals surface area contributed by atoms with Crippen molar-refractivity contribution in [2.45, 2.75) is 25.4 Å². The van der Waals surface area contributed by atoms with Crippen LogP contribution < -0.4 is 5.32 Å². The standard InChI is InChI=1S/C18H18ClN3O2/c1-22(18(24)14-6-9-16(19)20-10-14)11-12-2-4-13(5-3-12)17(23)21-15-7-8-15/h2-6,9-10,15H,7-8,11H2,1H3,(H,21,23). The molecule has 1 aromatic carbocycles. The van der Waals surface area contributed by atoms with Crippen LogP contribution in [0.4, 0.5) is 0 Å². The molecule has 24 heavy (non-hydrogen) atoms. The number of benzene rings is 1. The topological polar surface area (TPSA) is 62.3 Å². The van der Waals surface area contributed by atoms with Crippen LogP contribution in [-0.2, 0) is 6.54 Å². The predicted molar refractivity (Wildman–Crippen MR) is 92.0 cm³/mol. The number of hydrogen-bond acceptors (Lipinski definition) is 3. The number of halogens is 1. The Bertz CT molecular complexity index is 740. The van der Waals surface area contributed by atoms with Gasteiger partial charge in [-0.25, -0.2) is 4.98 Å². The van der Waals surface area contributed by atoms with E-state index >= 15 is 0 Å². The third-order valence-electron chi connectivity index (χ3n) is 3.87. The molecule has 0 spiro atoms. The summed E-state index contributed by atoms with van der Waals surface area (Å²) in [5.74, 6) is -0.171. The maximum absolute atomic E-state index is 12.3. The smallest absolute Gasteiger partial charge is 0.255 e. The minimum absolute atomic E-state index is 0.0410. The van der Waals surface area contributed by atoms with Crippen molar-refractivity contribution in [2.75, 3.05) is 7.05 Å². The summed E-state index contributed by atoms with van der Waals surface area (Å²) in [6.45, 7) is 0.450. The summed E-state index contributed by atoms with van der Waals surface area (Å²) in [4.78, 5) is 29.8. The molecule has 5 nitrogen and oxygen atoms in total. The first-order valence-electron chi connectivity index (χ1n) is 7.80. The third kappa shape index (κ3) is 4.11. The zero-order valence-corrected chi connectivity index (χ0v) is 14.1. The first kappa shape index (κ1) is 16.5. The van der Waals surface area contributed by atoms with Crippen LogP contribution in [0.2, 0.25) is 5.15 Å². The van der Waals surface area contributed by atoms with Crippen molar-refractivity contribution in [3.05, 3.63) is 64.4 Å². The maximum Gasteiger partial charge on any atom is 0.255 e. The predicted octanol–water partition coefficient (Wildman–Crippen LogP) is 2.90. The van der Waals surface area contributed by atoms with Crippen LogP contribution in [0.15, 0.2) is 42.6 Å². The number of nitrogens with zero attached hydrogens (tertiary/aromatic N) is 2. The Hall–Kier alpha value is -2.40. The number of amides is 2. The van der Waals surface area contributed by atoms with Crippen LogP contribution in [0.25, 0.3) is 0 Å². The molecule has 2 aromatic rings. The van der Waals surface area contributed by atoms with E-state index < -0.39 is 0 Å². The lowest BCUT2D eigenvalue weighted by Crippen LogP contribution is -2.27. The molecule has 0 saturated heterocycles. The quantitative estimate of drug-likeness (QED) is 0.849. The molecule has 0 unspecified atom stereocenters. The molecular formula is C18H18ClN3O2. The lowest BCUT2D eigenvalue weighted by atomic mass is 10.1.